The van der Waals surface area contributed by atoms with Crippen LogP contribution in [-0.4, -0.2) is 18.9 Å². The lowest BCUT2D eigenvalue weighted by atomic mass is 9.94. The van der Waals surface area contributed by atoms with Crippen molar-refractivity contribution in [2.45, 2.75) is 39.0 Å². The summed E-state index contributed by atoms with van der Waals surface area (Å²) in [6, 6.07) is 0. The first-order chi connectivity index (χ1) is 5.84. The highest BCUT2D eigenvalue weighted by Gasteiger charge is 2.23. The van der Waals surface area contributed by atoms with Crippen LogP contribution in [0.4, 0.5) is 0 Å². The van der Waals surface area contributed by atoms with Gasteiger partial charge in [0.25, 0.3) is 0 Å². The van der Waals surface area contributed by atoms with Gasteiger partial charge in [0.2, 0.25) is 0 Å². The summed E-state index contributed by atoms with van der Waals surface area (Å²) in [5.74, 6) is 0.830. The van der Waals surface area contributed by atoms with Crippen molar-refractivity contribution in [3.05, 3.63) is 0 Å². The maximum absolute atomic E-state index is 11.3. The smallest absolute Gasteiger partial charge is 0.138 e. The molecular weight excluding hydrogens is 150 g/mol. The molecule has 1 fully saturated rings. The van der Waals surface area contributed by atoms with Gasteiger partial charge in [-0.05, 0) is 6.42 Å². The third-order valence-corrected chi connectivity index (χ3v) is 2.51. The van der Waals surface area contributed by atoms with Crippen LogP contribution in [-0.2, 0) is 4.79 Å². The summed E-state index contributed by atoms with van der Waals surface area (Å²) in [4.78, 5) is 11.3. The fraction of sp³-hybridized carbons (Fsp3) is 0.900. The quantitative estimate of drug-likeness (QED) is 0.614. The van der Waals surface area contributed by atoms with Crippen LogP contribution in [0.25, 0.3) is 0 Å². The second kappa shape index (κ2) is 5.31. The van der Waals surface area contributed by atoms with Gasteiger partial charge in [-0.2, -0.15) is 0 Å². The number of carbonyl (C=O) groups excluding carboxylic acids is 1. The van der Waals surface area contributed by atoms with Gasteiger partial charge in [0, 0.05) is 25.4 Å². The highest BCUT2D eigenvalue weighted by molar-refractivity contribution is 5.82. The zero-order valence-electron chi connectivity index (χ0n) is 7.94. The second-order valence-corrected chi connectivity index (χ2v) is 3.63. The maximum atomic E-state index is 11.3. The molecule has 0 radical (unpaired) electrons. The molecule has 1 aliphatic heterocycles. The fourth-order valence-corrected chi connectivity index (χ4v) is 1.45. The molecule has 70 valence electrons. The molecule has 2 nitrogen and oxygen atoms in total. The maximum Gasteiger partial charge on any atom is 0.138 e. The highest BCUT2D eigenvalue weighted by atomic mass is 16.1. The average molecular weight is 169 g/mol. The summed E-state index contributed by atoms with van der Waals surface area (Å²) in [7, 11) is 0. The number of ketones is 1. The molecule has 1 saturated heterocycles. The minimum Gasteiger partial charge on any atom is -0.315 e. The minimum atomic E-state index is 0.353. The van der Waals surface area contributed by atoms with Crippen molar-refractivity contribution in [2.75, 3.05) is 13.1 Å². The normalized spacial score (nSPS) is 17.4. The molecule has 1 heterocycles. The first-order valence-corrected chi connectivity index (χ1v) is 5.08. The first kappa shape index (κ1) is 9.72. The molecule has 0 bridgehead atoms. The SMILES string of the molecule is CCCCCCC(=O)C1CNC1. The first-order valence-electron chi connectivity index (χ1n) is 5.08. The molecule has 0 saturated carbocycles. The molecule has 0 spiro atoms. The van der Waals surface area contributed by atoms with Crippen molar-refractivity contribution >= 4 is 5.78 Å². The molecule has 0 atom stereocenters. The second-order valence-electron chi connectivity index (χ2n) is 3.63. The monoisotopic (exact) mass is 169 g/mol. The van der Waals surface area contributed by atoms with E-state index in [9.17, 15) is 4.79 Å². The Kier molecular flexibility index (Phi) is 4.30. The van der Waals surface area contributed by atoms with Gasteiger partial charge in [0.1, 0.15) is 5.78 Å². The number of hydrogen-bond acceptors (Lipinski definition) is 2. The van der Waals surface area contributed by atoms with Crippen molar-refractivity contribution < 1.29 is 4.79 Å². The van der Waals surface area contributed by atoms with Gasteiger partial charge in [-0.25, -0.2) is 0 Å². The van der Waals surface area contributed by atoms with E-state index in [1.165, 1.54) is 19.3 Å². The standard InChI is InChI=1S/C10H19NO/c1-2-3-4-5-6-10(12)9-7-11-8-9/h9,11H,2-8H2,1H3. The van der Waals surface area contributed by atoms with Crippen molar-refractivity contribution in [1.29, 1.82) is 0 Å². The number of carbonyl (C=O) groups is 1. The molecule has 1 N–H and O–H groups in total. The Balaban J connectivity index is 1.94. The Morgan fingerprint density at radius 2 is 2.08 bits per heavy atom. The number of rotatable bonds is 6. The molecule has 0 unspecified atom stereocenters. The molecule has 0 aromatic heterocycles. The van der Waals surface area contributed by atoms with Gasteiger partial charge in [0.15, 0.2) is 0 Å². The van der Waals surface area contributed by atoms with Gasteiger partial charge in [-0.15, -0.1) is 0 Å². The lowest BCUT2D eigenvalue weighted by Crippen LogP contribution is -2.46. The number of Topliss-reactive ketones (excluding diaryl/α,β-unsaturated/α-hetero) is 1. The van der Waals surface area contributed by atoms with E-state index in [4.69, 9.17) is 0 Å². The molecular formula is C10H19NO. The van der Waals surface area contributed by atoms with E-state index in [0.29, 0.717) is 11.7 Å². The number of nitrogens with one attached hydrogen (secondary N) is 1. The minimum absolute atomic E-state index is 0.353. The Labute approximate surface area is 74.7 Å². The molecule has 0 amide bonds. The van der Waals surface area contributed by atoms with Crippen LogP contribution in [0.15, 0.2) is 0 Å². The summed E-state index contributed by atoms with van der Waals surface area (Å²) in [5, 5.41) is 3.12. The molecule has 0 aromatic rings. The van der Waals surface area contributed by atoms with Crippen molar-refractivity contribution in [3.8, 4) is 0 Å². The van der Waals surface area contributed by atoms with Crippen LogP contribution >= 0.6 is 0 Å². The topological polar surface area (TPSA) is 29.1 Å². The summed E-state index contributed by atoms with van der Waals surface area (Å²) in [6.07, 6.45) is 5.66. The fourth-order valence-electron chi connectivity index (χ4n) is 1.45. The van der Waals surface area contributed by atoms with Crippen LogP contribution in [0.5, 0.6) is 0 Å². The largest absolute Gasteiger partial charge is 0.315 e. The molecule has 1 rings (SSSR count). The lowest BCUT2D eigenvalue weighted by molar-refractivity contribution is -0.124. The summed E-state index contributed by atoms with van der Waals surface area (Å²) in [5.41, 5.74) is 0. The van der Waals surface area contributed by atoms with Crippen molar-refractivity contribution in [3.63, 3.8) is 0 Å². The number of hydrogen-bond donors (Lipinski definition) is 1. The van der Waals surface area contributed by atoms with Crippen LogP contribution in [0.1, 0.15) is 39.0 Å². The van der Waals surface area contributed by atoms with Gasteiger partial charge < -0.3 is 5.32 Å². The third-order valence-electron chi connectivity index (χ3n) is 2.51. The molecule has 0 aromatic carbocycles. The summed E-state index contributed by atoms with van der Waals surface area (Å²) in [6.45, 7) is 4.04. The van der Waals surface area contributed by atoms with Crippen LogP contribution in [0.3, 0.4) is 0 Å². The van der Waals surface area contributed by atoms with Crippen molar-refractivity contribution in [1.82, 2.24) is 5.32 Å². The van der Waals surface area contributed by atoms with E-state index in [-0.39, 0.29) is 0 Å². The van der Waals surface area contributed by atoms with E-state index in [2.05, 4.69) is 12.2 Å². The Morgan fingerprint density at radius 1 is 1.33 bits per heavy atom. The zero-order valence-corrected chi connectivity index (χ0v) is 7.94. The molecule has 0 aliphatic carbocycles. The average Bonchev–Trinajstić information content (AvgIpc) is 1.95. The predicted molar refractivity (Wildman–Crippen MR) is 50.1 cm³/mol. The Morgan fingerprint density at radius 3 is 2.58 bits per heavy atom. The highest BCUT2D eigenvalue weighted by Crippen LogP contribution is 2.11. The van der Waals surface area contributed by atoms with Gasteiger partial charge in [0.05, 0.1) is 0 Å². The third kappa shape index (κ3) is 2.94. The zero-order chi connectivity index (χ0) is 8.81. The van der Waals surface area contributed by atoms with Crippen LogP contribution in [0, 0.1) is 5.92 Å². The van der Waals surface area contributed by atoms with Crippen LogP contribution in [0.2, 0.25) is 0 Å². The lowest BCUT2D eigenvalue weighted by Gasteiger charge is -2.25. The molecule has 2 heteroatoms. The number of unbranched alkanes of at least 4 members (excludes halogenated alkanes) is 3. The van der Waals surface area contributed by atoms with E-state index >= 15 is 0 Å². The van der Waals surface area contributed by atoms with Crippen molar-refractivity contribution in [2.24, 2.45) is 5.92 Å². The van der Waals surface area contributed by atoms with Gasteiger partial charge >= 0.3 is 0 Å². The Bertz CT molecular complexity index is 141. The van der Waals surface area contributed by atoms with E-state index < -0.39 is 0 Å². The molecule has 1 aliphatic rings. The summed E-state index contributed by atoms with van der Waals surface area (Å²) >= 11 is 0. The summed E-state index contributed by atoms with van der Waals surface area (Å²) < 4.78 is 0. The van der Waals surface area contributed by atoms with Gasteiger partial charge in [-0.1, -0.05) is 26.2 Å². The molecule has 12 heavy (non-hydrogen) atoms. The Hall–Kier alpha value is -0.370. The van der Waals surface area contributed by atoms with Gasteiger partial charge in [-0.3, -0.25) is 4.79 Å². The van der Waals surface area contributed by atoms with E-state index in [0.717, 1.165) is 25.9 Å². The van der Waals surface area contributed by atoms with Crippen LogP contribution < -0.4 is 5.32 Å². The van der Waals surface area contributed by atoms with E-state index in [1.807, 2.05) is 0 Å². The van der Waals surface area contributed by atoms with E-state index in [1.54, 1.807) is 0 Å². The predicted octanol–water partition coefficient (Wildman–Crippen LogP) is 1.75.